The molecule has 1 rings (SSSR count). The summed E-state index contributed by atoms with van der Waals surface area (Å²) in [7, 11) is 1.36. The van der Waals surface area contributed by atoms with E-state index in [4.69, 9.17) is 0 Å². The summed E-state index contributed by atoms with van der Waals surface area (Å²) >= 11 is 0. The van der Waals surface area contributed by atoms with E-state index in [-0.39, 0.29) is 11.9 Å². The Kier molecular flexibility index (Phi) is 6.46. The molecule has 0 fully saturated rings. The number of esters is 1. The number of rotatable bonds is 7. The molecule has 5 heteroatoms. The summed E-state index contributed by atoms with van der Waals surface area (Å²) in [6, 6.07) is 3.79. The van der Waals surface area contributed by atoms with Crippen molar-refractivity contribution in [3.8, 4) is 0 Å². The summed E-state index contributed by atoms with van der Waals surface area (Å²) < 4.78 is 4.50. The van der Waals surface area contributed by atoms with Crippen molar-refractivity contribution in [1.29, 1.82) is 0 Å². The lowest BCUT2D eigenvalue weighted by molar-refractivity contribution is -0.140. The van der Waals surface area contributed by atoms with E-state index < -0.39 is 0 Å². The van der Waals surface area contributed by atoms with Crippen LogP contribution in [0.5, 0.6) is 0 Å². The first-order valence-corrected chi connectivity index (χ1v) is 5.95. The van der Waals surface area contributed by atoms with Gasteiger partial charge in [-0.3, -0.25) is 14.6 Å². The lowest BCUT2D eigenvalue weighted by Gasteiger charge is -2.04. The van der Waals surface area contributed by atoms with Crippen molar-refractivity contribution >= 4 is 11.9 Å². The fraction of sp³-hybridized carbons (Fsp3) is 0.462. The largest absolute Gasteiger partial charge is 0.469 e. The Bertz CT molecular complexity index is 379. The summed E-state index contributed by atoms with van der Waals surface area (Å²) in [5.41, 5.74) is 1.04. The van der Waals surface area contributed by atoms with Crippen LogP contribution in [-0.2, 0) is 20.7 Å². The van der Waals surface area contributed by atoms with Gasteiger partial charge in [-0.05, 0) is 24.5 Å². The zero-order chi connectivity index (χ0) is 13.2. The predicted octanol–water partition coefficient (Wildman–Crippen LogP) is 1.08. The fourth-order valence-electron chi connectivity index (χ4n) is 1.45. The first-order valence-electron chi connectivity index (χ1n) is 5.95. The second-order valence-electron chi connectivity index (χ2n) is 3.89. The Morgan fingerprint density at radius 2 is 2.22 bits per heavy atom. The highest BCUT2D eigenvalue weighted by Gasteiger charge is 2.03. The molecule has 0 aliphatic rings. The first-order chi connectivity index (χ1) is 8.72. The molecule has 5 nitrogen and oxygen atoms in total. The third kappa shape index (κ3) is 5.98. The normalized spacial score (nSPS) is 9.83. The van der Waals surface area contributed by atoms with Crippen molar-refractivity contribution in [3.63, 3.8) is 0 Å². The lowest BCUT2D eigenvalue weighted by atomic mass is 10.1. The van der Waals surface area contributed by atoms with Crippen molar-refractivity contribution in [2.45, 2.75) is 25.7 Å². The van der Waals surface area contributed by atoms with Gasteiger partial charge < -0.3 is 10.1 Å². The molecular formula is C13H18N2O3. The molecule has 0 radical (unpaired) electrons. The molecule has 98 valence electrons. The van der Waals surface area contributed by atoms with Crippen LogP contribution in [0, 0.1) is 0 Å². The van der Waals surface area contributed by atoms with E-state index >= 15 is 0 Å². The number of amides is 1. The highest BCUT2D eigenvalue weighted by atomic mass is 16.5. The monoisotopic (exact) mass is 250 g/mol. The number of nitrogens with zero attached hydrogens (tertiary/aromatic N) is 1. The van der Waals surface area contributed by atoms with Gasteiger partial charge in [-0.15, -0.1) is 0 Å². The number of carbonyl (C=O) groups excluding carboxylic acids is 2. The summed E-state index contributed by atoms with van der Waals surface area (Å²) in [6.07, 6.45) is 5.51. The highest BCUT2D eigenvalue weighted by molar-refractivity contribution is 5.76. The van der Waals surface area contributed by atoms with Crippen molar-refractivity contribution < 1.29 is 14.3 Å². The molecule has 1 aromatic rings. The molecular weight excluding hydrogens is 232 g/mol. The molecule has 0 saturated heterocycles. The number of hydrogen-bond acceptors (Lipinski definition) is 4. The molecule has 1 amide bonds. The van der Waals surface area contributed by atoms with Gasteiger partial charge in [0.25, 0.3) is 0 Å². The minimum atomic E-state index is -0.250. The van der Waals surface area contributed by atoms with Crippen LogP contribution in [0.1, 0.15) is 24.8 Å². The van der Waals surface area contributed by atoms with Gasteiger partial charge in [0.1, 0.15) is 0 Å². The van der Waals surface area contributed by atoms with Crippen molar-refractivity contribution in [2.24, 2.45) is 0 Å². The number of methoxy groups -OCH3 is 1. The van der Waals surface area contributed by atoms with Gasteiger partial charge in [0.15, 0.2) is 0 Å². The zero-order valence-electron chi connectivity index (χ0n) is 10.5. The average molecular weight is 250 g/mol. The van der Waals surface area contributed by atoms with Crippen LogP contribution in [-0.4, -0.2) is 30.5 Å². The Morgan fingerprint density at radius 1 is 1.39 bits per heavy atom. The fourth-order valence-corrected chi connectivity index (χ4v) is 1.45. The topological polar surface area (TPSA) is 68.3 Å². The molecule has 1 heterocycles. The van der Waals surface area contributed by atoms with Crippen molar-refractivity contribution in [3.05, 3.63) is 30.1 Å². The van der Waals surface area contributed by atoms with E-state index in [1.54, 1.807) is 12.4 Å². The second kappa shape index (κ2) is 8.22. The molecule has 0 aromatic carbocycles. The van der Waals surface area contributed by atoms with Gasteiger partial charge in [-0.1, -0.05) is 6.07 Å². The molecule has 0 aliphatic carbocycles. The van der Waals surface area contributed by atoms with Gasteiger partial charge in [0.2, 0.25) is 5.91 Å². The number of hydrogen-bond donors (Lipinski definition) is 1. The molecule has 0 spiro atoms. The predicted molar refractivity (Wildman–Crippen MR) is 66.8 cm³/mol. The van der Waals surface area contributed by atoms with Crippen LogP contribution in [0.2, 0.25) is 0 Å². The summed E-state index contributed by atoms with van der Waals surface area (Å²) in [5, 5.41) is 2.77. The van der Waals surface area contributed by atoms with Crippen LogP contribution >= 0.6 is 0 Å². The third-order valence-electron chi connectivity index (χ3n) is 2.47. The Labute approximate surface area is 107 Å². The average Bonchev–Trinajstić information content (AvgIpc) is 2.42. The molecule has 1 N–H and O–H groups in total. The van der Waals surface area contributed by atoms with Gasteiger partial charge >= 0.3 is 5.97 Å². The summed E-state index contributed by atoms with van der Waals surface area (Å²) in [5.74, 6) is -0.261. The smallest absolute Gasteiger partial charge is 0.305 e. The molecule has 0 saturated carbocycles. The quantitative estimate of drug-likeness (QED) is 0.581. The number of nitrogens with one attached hydrogen (secondary N) is 1. The molecule has 0 aliphatic heterocycles. The van der Waals surface area contributed by atoms with Gasteiger partial charge in [-0.2, -0.15) is 0 Å². The maximum Gasteiger partial charge on any atom is 0.305 e. The summed E-state index contributed by atoms with van der Waals surface area (Å²) in [6.45, 7) is 0.501. The minimum Gasteiger partial charge on any atom is -0.469 e. The number of pyridine rings is 1. The standard InChI is InChI=1S/C13H18N2O3/c1-18-13(17)5-3-9-15-12(16)7-6-11-4-2-8-14-10-11/h2,4,8,10H,3,5-7,9H2,1H3,(H,15,16). The molecule has 0 unspecified atom stereocenters. The maximum absolute atomic E-state index is 11.5. The third-order valence-corrected chi connectivity index (χ3v) is 2.47. The summed E-state index contributed by atoms with van der Waals surface area (Å²) in [4.78, 5) is 26.3. The van der Waals surface area contributed by atoms with Crippen LogP contribution < -0.4 is 5.32 Å². The maximum atomic E-state index is 11.5. The lowest BCUT2D eigenvalue weighted by Crippen LogP contribution is -2.25. The van der Waals surface area contributed by atoms with Crippen molar-refractivity contribution in [1.82, 2.24) is 10.3 Å². The van der Waals surface area contributed by atoms with Crippen LogP contribution in [0.3, 0.4) is 0 Å². The van der Waals surface area contributed by atoms with E-state index in [0.717, 1.165) is 5.56 Å². The minimum absolute atomic E-state index is 0.0104. The SMILES string of the molecule is COC(=O)CCCNC(=O)CCc1cccnc1. The molecule has 0 atom stereocenters. The Balaban J connectivity index is 2.09. The first kappa shape index (κ1) is 14.2. The van der Waals surface area contributed by atoms with Gasteiger partial charge in [-0.25, -0.2) is 0 Å². The van der Waals surface area contributed by atoms with E-state index in [0.29, 0.717) is 32.2 Å². The van der Waals surface area contributed by atoms with E-state index in [2.05, 4.69) is 15.0 Å². The van der Waals surface area contributed by atoms with Crippen LogP contribution in [0.25, 0.3) is 0 Å². The second-order valence-corrected chi connectivity index (χ2v) is 3.89. The molecule has 18 heavy (non-hydrogen) atoms. The Hall–Kier alpha value is -1.91. The number of ether oxygens (including phenoxy) is 1. The number of carbonyl (C=O) groups is 2. The van der Waals surface area contributed by atoms with E-state index in [1.807, 2.05) is 12.1 Å². The van der Waals surface area contributed by atoms with E-state index in [1.165, 1.54) is 7.11 Å². The molecule has 1 aromatic heterocycles. The molecule has 0 bridgehead atoms. The van der Waals surface area contributed by atoms with Crippen LogP contribution in [0.15, 0.2) is 24.5 Å². The van der Waals surface area contributed by atoms with Crippen LogP contribution in [0.4, 0.5) is 0 Å². The van der Waals surface area contributed by atoms with Crippen molar-refractivity contribution in [2.75, 3.05) is 13.7 Å². The number of aromatic nitrogens is 1. The zero-order valence-corrected chi connectivity index (χ0v) is 10.5. The van der Waals surface area contributed by atoms with Gasteiger partial charge in [0, 0.05) is 31.8 Å². The van der Waals surface area contributed by atoms with E-state index in [9.17, 15) is 9.59 Å². The van der Waals surface area contributed by atoms with Gasteiger partial charge in [0.05, 0.1) is 7.11 Å². The number of aryl methyl sites for hydroxylation is 1. The highest BCUT2D eigenvalue weighted by Crippen LogP contribution is 2.00. The Morgan fingerprint density at radius 3 is 2.89 bits per heavy atom.